The molecule has 0 unspecified atom stereocenters. The van der Waals surface area contributed by atoms with E-state index < -0.39 is 0 Å². The van der Waals surface area contributed by atoms with Gasteiger partial charge in [0.2, 0.25) is 0 Å². The van der Waals surface area contributed by atoms with Crippen LogP contribution < -0.4 is 5.73 Å². The van der Waals surface area contributed by atoms with Crippen LogP contribution in [0.5, 0.6) is 0 Å². The van der Waals surface area contributed by atoms with E-state index in [1.165, 1.54) is 5.56 Å². The SMILES string of the molecule is Cc1nn(Cc2cccc(Br)c2)c(C)c1N. The molecule has 0 saturated carbocycles. The molecule has 0 aliphatic carbocycles. The molecule has 0 bridgehead atoms. The van der Waals surface area contributed by atoms with Gasteiger partial charge in [0.05, 0.1) is 23.6 Å². The van der Waals surface area contributed by atoms with Crippen LogP contribution in [0.1, 0.15) is 17.0 Å². The molecule has 0 aliphatic rings. The van der Waals surface area contributed by atoms with Gasteiger partial charge in [-0.05, 0) is 31.5 Å². The first-order valence-corrected chi connectivity index (χ1v) is 5.91. The Bertz CT molecular complexity index is 517. The molecule has 0 saturated heterocycles. The molecule has 0 aliphatic heterocycles. The zero-order chi connectivity index (χ0) is 11.7. The molecule has 1 heterocycles. The van der Waals surface area contributed by atoms with Crippen molar-refractivity contribution in [3.8, 4) is 0 Å². The van der Waals surface area contributed by atoms with Gasteiger partial charge >= 0.3 is 0 Å². The molecule has 1 aromatic heterocycles. The molecule has 0 spiro atoms. The van der Waals surface area contributed by atoms with Crippen LogP contribution in [-0.2, 0) is 6.54 Å². The van der Waals surface area contributed by atoms with Crippen LogP contribution >= 0.6 is 15.9 Å². The highest BCUT2D eigenvalue weighted by atomic mass is 79.9. The molecular weight excluding hydrogens is 266 g/mol. The van der Waals surface area contributed by atoms with Crippen molar-refractivity contribution in [2.24, 2.45) is 0 Å². The molecule has 16 heavy (non-hydrogen) atoms. The number of aryl methyl sites for hydroxylation is 1. The Kier molecular flexibility index (Phi) is 3.01. The fraction of sp³-hybridized carbons (Fsp3) is 0.250. The summed E-state index contributed by atoms with van der Waals surface area (Å²) in [4.78, 5) is 0. The van der Waals surface area contributed by atoms with Crippen LogP contribution in [-0.4, -0.2) is 9.78 Å². The molecule has 0 radical (unpaired) electrons. The largest absolute Gasteiger partial charge is 0.396 e. The number of anilines is 1. The normalized spacial score (nSPS) is 10.7. The van der Waals surface area contributed by atoms with Gasteiger partial charge in [0.25, 0.3) is 0 Å². The number of nitrogen functional groups attached to an aromatic ring is 1. The fourth-order valence-electron chi connectivity index (χ4n) is 1.67. The van der Waals surface area contributed by atoms with Gasteiger partial charge < -0.3 is 5.73 Å². The molecular formula is C12H14BrN3. The molecule has 2 N–H and O–H groups in total. The van der Waals surface area contributed by atoms with Crippen molar-refractivity contribution in [2.75, 3.05) is 5.73 Å². The minimum Gasteiger partial charge on any atom is -0.396 e. The van der Waals surface area contributed by atoms with Crippen molar-refractivity contribution < 1.29 is 0 Å². The third kappa shape index (κ3) is 2.11. The van der Waals surface area contributed by atoms with E-state index in [1.807, 2.05) is 30.7 Å². The first kappa shape index (κ1) is 11.2. The van der Waals surface area contributed by atoms with Gasteiger partial charge in [0.1, 0.15) is 0 Å². The number of halogens is 1. The van der Waals surface area contributed by atoms with E-state index in [0.29, 0.717) is 0 Å². The van der Waals surface area contributed by atoms with Gasteiger partial charge in [-0.25, -0.2) is 0 Å². The second-order valence-corrected chi connectivity index (χ2v) is 4.79. The summed E-state index contributed by atoms with van der Waals surface area (Å²) in [5.41, 5.74) is 9.81. The highest BCUT2D eigenvalue weighted by Gasteiger charge is 2.08. The van der Waals surface area contributed by atoms with Crippen LogP contribution in [0.25, 0.3) is 0 Å². The van der Waals surface area contributed by atoms with E-state index in [-0.39, 0.29) is 0 Å². The Morgan fingerprint density at radius 1 is 1.38 bits per heavy atom. The van der Waals surface area contributed by atoms with Crippen molar-refractivity contribution in [1.82, 2.24) is 9.78 Å². The second kappa shape index (κ2) is 4.29. The number of nitrogens with zero attached hydrogens (tertiary/aromatic N) is 2. The number of hydrogen-bond donors (Lipinski definition) is 1. The minimum absolute atomic E-state index is 0.753. The van der Waals surface area contributed by atoms with Crippen LogP contribution in [0.15, 0.2) is 28.7 Å². The maximum absolute atomic E-state index is 5.89. The standard InChI is InChI=1S/C12H14BrN3/c1-8-12(14)9(2)16(15-8)7-10-4-3-5-11(13)6-10/h3-6H,7,14H2,1-2H3. The minimum atomic E-state index is 0.753. The van der Waals surface area contributed by atoms with Crippen LogP contribution in [0, 0.1) is 13.8 Å². The lowest BCUT2D eigenvalue weighted by atomic mass is 10.2. The van der Waals surface area contributed by atoms with Crippen LogP contribution in [0.2, 0.25) is 0 Å². The zero-order valence-corrected chi connectivity index (χ0v) is 11.0. The predicted octanol–water partition coefficient (Wildman–Crippen LogP) is 2.89. The topological polar surface area (TPSA) is 43.8 Å². The van der Waals surface area contributed by atoms with Crippen molar-refractivity contribution in [1.29, 1.82) is 0 Å². The molecule has 2 rings (SSSR count). The maximum Gasteiger partial charge on any atom is 0.0826 e. The smallest absolute Gasteiger partial charge is 0.0826 e. The lowest BCUT2D eigenvalue weighted by Crippen LogP contribution is -2.04. The number of hydrogen-bond acceptors (Lipinski definition) is 2. The first-order chi connectivity index (χ1) is 7.58. The van der Waals surface area contributed by atoms with Crippen molar-refractivity contribution in [3.63, 3.8) is 0 Å². The Morgan fingerprint density at radius 2 is 2.12 bits per heavy atom. The highest BCUT2D eigenvalue weighted by molar-refractivity contribution is 9.10. The first-order valence-electron chi connectivity index (χ1n) is 5.12. The fourth-order valence-corrected chi connectivity index (χ4v) is 2.12. The summed E-state index contributed by atoms with van der Waals surface area (Å²) in [7, 11) is 0. The average molecular weight is 280 g/mol. The quantitative estimate of drug-likeness (QED) is 0.919. The summed E-state index contributed by atoms with van der Waals surface area (Å²) in [5, 5.41) is 4.41. The van der Waals surface area contributed by atoms with Gasteiger partial charge in [0.15, 0.2) is 0 Å². The van der Waals surface area contributed by atoms with E-state index in [2.05, 4.69) is 33.2 Å². The molecule has 3 nitrogen and oxygen atoms in total. The lowest BCUT2D eigenvalue weighted by Gasteiger charge is -2.05. The van der Waals surface area contributed by atoms with Crippen molar-refractivity contribution in [3.05, 3.63) is 45.7 Å². The summed E-state index contributed by atoms with van der Waals surface area (Å²) in [6, 6.07) is 8.21. The number of benzene rings is 1. The number of aromatic nitrogens is 2. The van der Waals surface area contributed by atoms with Crippen molar-refractivity contribution in [2.45, 2.75) is 20.4 Å². The summed E-state index contributed by atoms with van der Waals surface area (Å²) < 4.78 is 3.02. The Morgan fingerprint density at radius 3 is 2.69 bits per heavy atom. The van der Waals surface area contributed by atoms with Gasteiger partial charge in [-0.15, -0.1) is 0 Å². The lowest BCUT2D eigenvalue weighted by molar-refractivity contribution is 0.659. The van der Waals surface area contributed by atoms with Crippen LogP contribution in [0.3, 0.4) is 0 Å². The Labute approximate surface area is 103 Å². The third-order valence-corrected chi connectivity index (χ3v) is 3.15. The van der Waals surface area contributed by atoms with E-state index in [1.54, 1.807) is 0 Å². The number of rotatable bonds is 2. The van der Waals surface area contributed by atoms with Gasteiger partial charge in [-0.1, -0.05) is 28.1 Å². The Balaban J connectivity index is 2.30. The van der Waals surface area contributed by atoms with Gasteiger partial charge in [-0.2, -0.15) is 5.10 Å². The molecule has 4 heteroatoms. The summed E-state index contributed by atoms with van der Waals surface area (Å²) in [6.07, 6.45) is 0. The summed E-state index contributed by atoms with van der Waals surface area (Å²) >= 11 is 3.46. The molecule has 2 aromatic rings. The van der Waals surface area contributed by atoms with E-state index in [0.717, 1.165) is 28.1 Å². The summed E-state index contributed by atoms with van der Waals surface area (Å²) in [5.74, 6) is 0. The van der Waals surface area contributed by atoms with E-state index in [4.69, 9.17) is 5.73 Å². The predicted molar refractivity (Wildman–Crippen MR) is 69.4 cm³/mol. The summed E-state index contributed by atoms with van der Waals surface area (Å²) in [6.45, 7) is 4.68. The highest BCUT2D eigenvalue weighted by Crippen LogP contribution is 2.17. The van der Waals surface area contributed by atoms with Crippen LogP contribution in [0.4, 0.5) is 5.69 Å². The molecule has 0 atom stereocenters. The molecule has 84 valence electrons. The second-order valence-electron chi connectivity index (χ2n) is 3.87. The van der Waals surface area contributed by atoms with Crippen molar-refractivity contribution >= 4 is 21.6 Å². The van der Waals surface area contributed by atoms with Gasteiger partial charge in [-0.3, -0.25) is 4.68 Å². The Hall–Kier alpha value is -1.29. The van der Waals surface area contributed by atoms with E-state index >= 15 is 0 Å². The van der Waals surface area contributed by atoms with Gasteiger partial charge in [0, 0.05) is 4.47 Å². The third-order valence-electron chi connectivity index (χ3n) is 2.66. The average Bonchev–Trinajstić information content (AvgIpc) is 2.47. The monoisotopic (exact) mass is 279 g/mol. The van der Waals surface area contributed by atoms with E-state index in [9.17, 15) is 0 Å². The maximum atomic E-state index is 5.89. The molecule has 0 amide bonds. The molecule has 1 aromatic carbocycles. The molecule has 0 fully saturated rings. The zero-order valence-electron chi connectivity index (χ0n) is 9.37. The number of nitrogens with two attached hydrogens (primary N) is 1.